The second kappa shape index (κ2) is 14.2. The van der Waals surface area contributed by atoms with Gasteiger partial charge in [0.1, 0.15) is 0 Å². The molecule has 0 aromatic heterocycles. The van der Waals surface area contributed by atoms with Gasteiger partial charge in [0.25, 0.3) is 11.8 Å². The smallest absolute Gasteiger partial charge is 0.549 e. The molecule has 0 aliphatic carbocycles. The Kier molecular flexibility index (Phi) is 12.9. The summed E-state index contributed by atoms with van der Waals surface area (Å²) in [6, 6.07) is -3.91. The van der Waals surface area contributed by atoms with Gasteiger partial charge >= 0.3 is 53.7 Å². The first kappa shape index (κ1) is 31.7. The van der Waals surface area contributed by atoms with Gasteiger partial charge in [0.05, 0.1) is 32.6 Å². The Morgan fingerprint density at radius 3 is 1.43 bits per heavy atom. The van der Waals surface area contributed by atoms with Crippen molar-refractivity contribution in [1.82, 2.24) is 47.9 Å². The Balaban J connectivity index is 0.00000126. The van der Waals surface area contributed by atoms with Crippen molar-refractivity contribution in [2.75, 3.05) is 33.2 Å². The average Bonchev–Trinajstić information content (AvgIpc) is 3.20. The summed E-state index contributed by atoms with van der Waals surface area (Å²) in [6.07, 6.45) is 0. The van der Waals surface area contributed by atoms with E-state index in [0.717, 1.165) is 0 Å². The number of carboxylic acids is 1. The molecule has 35 heavy (non-hydrogen) atoms. The third-order valence-corrected chi connectivity index (χ3v) is 3.89. The van der Waals surface area contributed by atoms with Crippen molar-refractivity contribution in [2.24, 2.45) is 0 Å². The third-order valence-electron chi connectivity index (χ3n) is 3.89. The van der Waals surface area contributed by atoms with Gasteiger partial charge in [-0.1, -0.05) is 0 Å². The first-order valence-corrected chi connectivity index (χ1v) is 9.06. The van der Waals surface area contributed by atoms with Crippen molar-refractivity contribution in [3.05, 3.63) is 0 Å². The van der Waals surface area contributed by atoms with E-state index < -0.39 is 73.1 Å². The number of imide groups is 2. The number of hydrogen-bond donors (Lipinski definition) is 12. The summed E-state index contributed by atoms with van der Waals surface area (Å²) in [5.74, 6) is -3.18. The maximum absolute atomic E-state index is 11.8. The number of carbonyl (C=O) groups excluding carboxylic acids is 7. The first-order chi connectivity index (χ1) is 15.9. The van der Waals surface area contributed by atoms with Gasteiger partial charge < -0.3 is 57.1 Å². The van der Waals surface area contributed by atoms with Crippen LogP contribution in [0.2, 0.25) is 0 Å². The fraction of sp³-hybridized carbons (Fsp3) is 0.500. The normalized spacial score (nSPS) is 22.1. The minimum absolute atomic E-state index is 0. The maximum atomic E-state index is 11.8. The zero-order chi connectivity index (χ0) is 25.9. The predicted molar refractivity (Wildman–Crippen MR) is 101 cm³/mol. The largest absolute Gasteiger partial charge is 1.00 e. The van der Waals surface area contributed by atoms with Crippen molar-refractivity contribution in [3.63, 3.8) is 0 Å². The van der Waals surface area contributed by atoms with Crippen LogP contribution in [0.1, 0.15) is 0 Å². The summed E-state index contributed by atoms with van der Waals surface area (Å²) >= 11 is 0. The molecule has 0 bridgehead atoms. The zero-order valence-electron chi connectivity index (χ0n) is 18.1. The number of nitrogens with one attached hydrogen (secondary N) is 9. The molecule has 12 N–H and O–H groups in total. The molecule has 190 valence electrons. The van der Waals surface area contributed by atoms with Crippen molar-refractivity contribution in [3.8, 4) is 0 Å². The minimum atomic E-state index is -2.06. The number of aliphatic hydroxyl groups is 3. The van der Waals surface area contributed by atoms with E-state index in [1.807, 2.05) is 31.9 Å². The number of rotatable bonds is 9. The number of carboxylic acid groups (broad SMARTS) is 1. The van der Waals surface area contributed by atoms with Gasteiger partial charge in [-0.2, -0.15) is 0 Å². The zero-order valence-corrected chi connectivity index (χ0v) is 20.1. The van der Waals surface area contributed by atoms with Crippen LogP contribution in [-0.4, -0.2) is 102 Å². The van der Waals surface area contributed by atoms with E-state index in [9.17, 15) is 48.9 Å². The molecule has 21 heteroatoms. The summed E-state index contributed by atoms with van der Waals surface area (Å²) in [5.41, 5.74) is -4.12. The maximum Gasteiger partial charge on any atom is 1.00 e. The van der Waals surface area contributed by atoms with Crippen LogP contribution < -0.4 is 82.5 Å². The van der Waals surface area contributed by atoms with Crippen molar-refractivity contribution >= 4 is 41.9 Å². The number of aliphatic carboxylic acids is 1. The molecule has 0 spiro atoms. The van der Waals surface area contributed by atoms with Gasteiger partial charge in [-0.25, -0.2) is 19.2 Å². The summed E-state index contributed by atoms with van der Waals surface area (Å²) in [7, 11) is 0. The van der Waals surface area contributed by atoms with E-state index in [1.54, 1.807) is 0 Å². The van der Waals surface area contributed by atoms with Crippen LogP contribution in [0.4, 0.5) is 19.2 Å². The second-order valence-electron chi connectivity index (χ2n) is 6.34. The molecule has 20 nitrogen and oxygen atoms in total. The summed E-state index contributed by atoms with van der Waals surface area (Å²) in [4.78, 5) is 78.4. The van der Waals surface area contributed by atoms with Gasteiger partial charge in [-0.05, 0) is 0 Å². The summed E-state index contributed by atoms with van der Waals surface area (Å²) < 4.78 is 0. The molecule has 2 saturated heterocycles. The third kappa shape index (κ3) is 9.12. The van der Waals surface area contributed by atoms with Crippen LogP contribution in [0.5, 0.6) is 0 Å². The molecule has 2 aliphatic rings. The Labute approximate surface area is 217 Å². The molecule has 2 rings (SSSR count). The van der Waals surface area contributed by atoms with E-state index in [1.165, 1.54) is 0 Å². The van der Waals surface area contributed by atoms with Crippen LogP contribution >= 0.6 is 0 Å². The molecule has 0 aromatic carbocycles. The van der Waals surface area contributed by atoms with E-state index in [0.29, 0.717) is 0 Å². The van der Waals surface area contributed by atoms with Gasteiger partial charge in [0, 0.05) is 6.54 Å². The van der Waals surface area contributed by atoms with Crippen LogP contribution in [0, 0.1) is 0 Å². The number of aliphatic hydroxyl groups excluding tert-OH is 3. The SMILES string of the molecule is O=C(NCNC(=O)NC1(CO)NC(=O)NC1=O)NC1(CO)NC(=O)NC1=O.O=C([O-])CNCO.[Na+]. The quantitative estimate of drug-likeness (QED) is 0.0773. The summed E-state index contributed by atoms with van der Waals surface area (Å²) in [5, 5.41) is 54.0. The first-order valence-electron chi connectivity index (χ1n) is 9.06. The van der Waals surface area contributed by atoms with Crippen LogP contribution in [0.3, 0.4) is 0 Å². The van der Waals surface area contributed by atoms with Gasteiger partial charge in [0.2, 0.25) is 11.3 Å². The molecule has 2 aliphatic heterocycles. The molecule has 2 fully saturated rings. The number of carbonyl (C=O) groups is 7. The molecule has 0 saturated carbocycles. The monoisotopic (exact) mass is 515 g/mol. The van der Waals surface area contributed by atoms with Crippen LogP contribution in [-0.2, 0) is 14.4 Å². The predicted octanol–water partition coefficient (Wildman–Crippen LogP) is -11.1. The Morgan fingerprint density at radius 1 is 0.800 bits per heavy atom. The molecule has 0 radical (unpaired) electrons. The molecule has 10 amide bonds. The molecule has 2 atom stereocenters. The minimum Gasteiger partial charge on any atom is -0.549 e. The number of amides is 10. The van der Waals surface area contributed by atoms with E-state index in [2.05, 4.69) is 16.0 Å². The van der Waals surface area contributed by atoms with Crippen molar-refractivity contribution in [2.45, 2.75) is 11.3 Å². The average molecular weight is 515 g/mol. The van der Waals surface area contributed by atoms with Crippen molar-refractivity contribution < 1.29 is 83.5 Å². The Hall–Kier alpha value is -3.27. The van der Waals surface area contributed by atoms with E-state index in [-0.39, 0.29) is 42.8 Å². The topological polar surface area (TPSA) is 312 Å². The number of hydrogen-bond acceptors (Lipinski definition) is 12. The van der Waals surface area contributed by atoms with Gasteiger partial charge in [-0.3, -0.25) is 25.5 Å². The number of urea groups is 4. The fourth-order valence-corrected chi connectivity index (χ4v) is 2.30. The molecule has 2 heterocycles. The standard InChI is InChI=1S/C11H16N8O8.C3H7NO3.Na/c20-1-10(4(22)14-8(26)18-10)16-6(24)12-3-13-7(25)17-11(2-21)5(23)15-9(27)19-11;5-2-4-1-3(6)7;/h20-21H,1-3H2,(H2,12,16,24)(H2,13,17,25)(H2,14,18,22,26)(H2,15,19,23,27);4-5H,1-2H2,(H,6,7);/q;;+1/p-1. The van der Waals surface area contributed by atoms with Gasteiger partial charge in [0.15, 0.2) is 0 Å². The van der Waals surface area contributed by atoms with Crippen LogP contribution in [0.25, 0.3) is 0 Å². The van der Waals surface area contributed by atoms with E-state index in [4.69, 9.17) is 5.11 Å². The summed E-state index contributed by atoms with van der Waals surface area (Å²) in [6.45, 7) is -3.00. The Bertz CT molecular complexity index is 802. The molecule has 2 unspecified atom stereocenters. The molecule has 0 aromatic rings. The molecular formula is C14H22N9NaO11. The Morgan fingerprint density at radius 2 is 1.20 bits per heavy atom. The molecular weight excluding hydrogens is 493 g/mol. The van der Waals surface area contributed by atoms with Gasteiger partial charge in [-0.15, -0.1) is 0 Å². The van der Waals surface area contributed by atoms with Crippen LogP contribution in [0.15, 0.2) is 0 Å². The fourth-order valence-electron chi connectivity index (χ4n) is 2.30. The van der Waals surface area contributed by atoms with Crippen molar-refractivity contribution in [1.29, 1.82) is 0 Å². The van der Waals surface area contributed by atoms with E-state index >= 15 is 0 Å². The second-order valence-corrected chi connectivity index (χ2v) is 6.34.